The Morgan fingerprint density at radius 2 is 2.13 bits per heavy atom. The average molecular weight is 428 g/mol. The number of hydrogen-bond acceptors (Lipinski definition) is 8. The summed E-state index contributed by atoms with van der Waals surface area (Å²) in [5, 5.41) is 3.89. The minimum atomic E-state index is -3.39. The number of aromatic nitrogens is 3. The number of carbonyl (C=O) groups is 1. The first kappa shape index (κ1) is 20.0. The van der Waals surface area contributed by atoms with Crippen LogP contribution in [0.5, 0.6) is 0 Å². The zero-order chi connectivity index (χ0) is 21.5. The van der Waals surface area contributed by atoms with Crippen LogP contribution in [-0.4, -0.2) is 41.8 Å². The summed E-state index contributed by atoms with van der Waals surface area (Å²) in [4.78, 5) is 20.9. The third-order valence-electron chi connectivity index (χ3n) is 4.82. The van der Waals surface area contributed by atoms with E-state index in [1.54, 1.807) is 49.6 Å². The van der Waals surface area contributed by atoms with Gasteiger partial charge < -0.3 is 9.26 Å². The van der Waals surface area contributed by atoms with Crippen molar-refractivity contribution in [2.24, 2.45) is 0 Å². The lowest BCUT2D eigenvalue weighted by Gasteiger charge is -2.21. The van der Waals surface area contributed by atoms with Gasteiger partial charge in [-0.25, -0.2) is 13.2 Å². The molecule has 3 aromatic rings. The summed E-state index contributed by atoms with van der Waals surface area (Å²) in [7, 11) is -3.39. The van der Waals surface area contributed by atoms with Gasteiger partial charge in [0.1, 0.15) is 0 Å². The minimum absolute atomic E-state index is 0.167. The van der Waals surface area contributed by atoms with Crippen LogP contribution in [0.2, 0.25) is 0 Å². The molecule has 10 heteroatoms. The second-order valence-corrected chi connectivity index (χ2v) is 9.06. The van der Waals surface area contributed by atoms with Crippen molar-refractivity contribution in [3.8, 4) is 11.4 Å². The number of benzene rings is 1. The van der Waals surface area contributed by atoms with Crippen LogP contribution in [0.3, 0.4) is 0 Å². The summed E-state index contributed by atoms with van der Waals surface area (Å²) in [5.41, 5.74) is 2.39. The van der Waals surface area contributed by atoms with Crippen LogP contribution in [0.4, 0.5) is 5.69 Å². The molecule has 0 saturated carbocycles. The number of nitrogens with zero attached hydrogens (tertiary/aromatic N) is 4. The third kappa shape index (κ3) is 3.78. The Hall–Kier alpha value is -3.27. The highest BCUT2D eigenvalue weighted by Crippen LogP contribution is 2.35. The molecule has 3 heterocycles. The maximum atomic E-state index is 12.6. The molecular weight excluding hydrogens is 408 g/mol. The maximum Gasteiger partial charge on any atom is 0.338 e. The molecule has 4 rings (SSSR count). The third-order valence-corrected chi connectivity index (χ3v) is 6.09. The van der Waals surface area contributed by atoms with Gasteiger partial charge in [0.05, 0.1) is 17.5 Å². The van der Waals surface area contributed by atoms with Crippen LogP contribution < -0.4 is 4.31 Å². The number of pyridine rings is 1. The largest absolute Gasteiger partial charge is 0.449 e. The SMILES string of the molecule is CC(OC(=O)c1ccc2c(c1)CC(C)N2S(C)(=O)=O)c1nc(-c2cccnc2)no1. The fourth-order valence-electron chi connectivity index (χ4n) is 3.53. The number of esters is 1. The highest BCUT2D eigenvalue weighted by Gasteiger charge is 2.33. The molecule has 0 saturated heterocycles. The zero-order valence-corrected chi connectivity index (χ0v) is 17.5. The van der Waals surface area contributed by atoms with Crippen molar-refractivity contribution >= 4 is 21.7 Å². The maximum absolute atomic E-state index is 12.6. The van der Waals surface area contributed by atoms with Gasteiger partial charge in [-0.2, -0.15) is 4.98 Å². The highest BCUT2D eigenvalue weighted by atomic mass is 32.2. The van der Waals surface area contributed by atoms with Gasteiger partial charge in [-0.3, -0.25) is 9.29 Å². The van der Waals surface area contributed by atoms with Gasteiger partial charge in [-0.15, -0.1) is 0 Å². The second-order valence-electron chi connectivity index (χ2n) is 7.20. The molecule has 0 amide bonds. The summed E-state index contributed by atoms with van der Waals surface area (Å²) in [5.74, 6) is -0.0366. The van der Waals surface area contributed by atoms with E-state index in [0.29, 0.717) is 29.1 Å². The van der Waals surface area contributed by atoms with Gasteiger partial charge in [0.15, 0.2) is 6.10 Å². The molecule has 0 radical (unpaired) electrons. The molecule has 1 aliphatic rings. The van der Waals surface area contributed by atoms with E-state index in [9.17, 15) is 13.2 Å². The van der Waals surface area contributed by atoms with Crippen molar-refractivity contribution < 1.29 is 22.5 Å². The summed E-state index contributed by atoms with van der Waals surface area (Å²) in [6.07, 6.45) is 4.19. The highest BCUT2D eigenvalue weighted by molar-refractivity contribution is 7.92. The van der Waals surface area contributed by atoms with Gasteiger partial charge >= 0.3 is 5.97 Å². The molecule has 30 heavy (non-hydrogen) atoms. The Morgan fingerprint density at radius 3 is 2.83 bits per heavy atom. The summed E-state index contributed by atoms with van der Waals surface area (Å²) in [6.45, 7) is 3.47. The Morgan fingerprint density at radius 1 is 1.33 bits per heavy atom. The van der Waals surface area contributed by atoms with Gasteiger partial charge in [0.25, 0.3) is 5.89 Å². The van der Waals surface area contributed by atoms with E-state index in [4.69, 9.17) is 9.26 Å². The van der Waals surface area contributed by atoms with E-state index in [2.05, 4.69) is 15.1 Å². The van der Waals surface area contributed by atoms with Crippen LogP contribution >= 0.6 is 0 Å². The van der Waals surface area contributed by atoms with Crippen LogP contribution in [0.1, 0.15) is 41.8 Å². The van der Waals surface area contributed by atoms with Gasteiger partial charge in [0.2, 0.25) is 15.8 Å². The molecule has 2 aromatic heterocycles. The van der Waals surface area contributed by atoms with Gasteiger partial charge in [-0.05, 0) is 56.2 Å². The first-order valence-electron chi connectivity index (χ1n) is 9.31. The predicted octanol–water partition coefficient (Wildman–Crippen LogP) is 2.76. The quantitative estimate of drug-likeness (QED) is 0.570. The lowest BCUT2D eigenvalue weighted by Crippen LogP contribution is -2.34. The van der Waals surface area contributed by atoms with Gasteiger partial charge in [0, 0.05) is 24.0 Å². The van der Waals surface area contributed by atoms with Crippen molar-refractivity contribution in [3.63, 3.8) is 0 Å². The van der Waals surface area contributed by atoms with Crippen molar-refractivity contribution in [1.29, 1.82) is 0 Å². The zero-order valence-electron chi connectivity index (χ0n) is 16.6. The number of fused-ring (bicyclic) bond motifs is 1. The fourth-order valence-corrected chi connectivity index (χ4v) is 4.79. The summed E-state index contributed by atoms with van der Waals surface area (Å²) < 4.78 is 36.1. The monoisotopic (exact) mass is 428 g/mol. The smallest absolute Gasteiger partial charge is 0.338 e. The lowest BCUT2D eigenvalue weighted by atomic mass is 10.1. The van der Waals surface area contributed by atoms with Crippen LogP contribution in [0, 0.1) is 0 Å². The Labute approximate surface area is 173 Å². The molecule has 156 valence electrons. The molecule has 0 bridgehead atoms. The normalized spacial score (nSPS) is 16.9. The summed E-state index contributed by atoms with van der Waals surface area (Å²) in [6, 6.07) is 8.20. The van der Waals surface area contributed by atoms with E-state index in [0.717, 1.165) is 5.56 Å². The standard InChI is InChI=1S/C20H20N4O5S/c1-12-9-16-10-14(6-7-17(16)24(12)30(3,26)27)20(25)28-13(2)19-22-18(23-29-19)15-5-4-8-21-11-15/h4-8,10-13H,9H2,1-3H3. The van der Waals surface area contributed by atoms with Crippen molar-refractivity contribution in [2.75, 3.05) is 10.6 Å². The minimum Gasteiger partial charge on any atom is -0.449 e. The van der Waals surface area contributed by atoms with Crippen LogP contribution in [0.25, 0.3) is 11.4 Å². The molecule has 0 N–H and O–H groups in total. The fraction of sp³-hybridized carbons (Fsp3) is 0.300. The van der Waals surface area contributed by atoms with Crippen LogP contribution in [0.15, 0.2) is 47.2 Å². The molecule has 2 atom stereocenters. The molecule has 9 nitrogen and oxygen atoms in total. The molecule has 0 fully saturated rings. The first-order chi connectivity index (χ1) is 14.2. The second kappa shape index (κ2) is 7.52. The molecule has 1 aliphatic heterocycles. The van der Waals surface area contributed by atoms with E-state index in [-0.39, 0.29) is 11.9 Å². The van der Waals surface area contributed by atoms with Gasteiger partial charge in [-0.1, -0.05) is 5.16 Å². The van der Waals surface area contributed by atoms with Crippen LogP contribution in [-0.2, 0) is 21.2 Å². The molecule has 2 unspecified atom stereocenters. The van der Waals surface area contributed by atoms with E-state index < -0.39 is 22.1 Å². The number of sulfonamides is 1. The average Bonchev–Trinajstić information content (AvgIpc) is 3.31. The van der Waals surface area contributed by atoms with E-state index in [1.165, 1.54) is 10.6 Å². The Bertz CT molecular complexity index is 1190. The van der Waals surface area contributed by atoms with Crippen molar-refractivity contribution in [3.05, 3.63) is 59.7 Å². The van der Waals surface area contributed by atoms with E-state index in [1.807, 2.05) is 6.92 Å². The Kier molecular flexibility index (Phi) is 5.02. The van der Waals surface area contributed by atoms with Crippen molar-refractivity contribution in [1.82, 2.24) is 15.1 Å². The molecule has 0 spiro atoms. The topological polar surface area (TPSA) is 115 Å². The lowest BCUT2D eigenvalue weighted by molar-refractivity contribution is 0.0265. The molecule has 0 aliphatic carbocycles. The number of ether oxygens (including phenoxy) is 1. The number of carbonyl (C=O) groups excluding carboxylic acids is 1. The Balaban J connectivity index is 1.50. The molecular formula is C20H20N4O5S. The predicted molar refractivity (Wildman–Crippen MR) is 108 cm³/mol. The van der Waals surface area contributed by atoms with Crippen molar-refractivity contribution in [2.45, 2.75) is 32.4 Å². The number of rotatable bonds is 5. The summed E-state index contributed by atoms with van der Waals surface area (Å²) >= 11 is 0. The number of hydrogen-bond donors (Lipinski definition) is 0. The first-order valence-corrected chi connectivity index (χ1v) is 11.2. The molecule has 1 aromatic carbocycles. The van der Waals surface area contributed by atoms with E-state index >= 15 is 0 Å². The number of anilines is 1.